The number of aryl methyl sites for hydroxylation is 1. The quantitative estimate of drug-likeness (QED) is 0.879. The third-order valence-electron chi connectivity index (χ3n) is 2.99. The van der Waals surface area contributed by atoms with Gasteiger partial charge in [-0.3, -0.25) is 0 Å². The number of hydrogen-bond acceptors (Lipinski definition) is 2. The summed E-state index contributed by atoms with van der Waals surface area (Å²) >= 11 is 0. The van der Waals surface area contributed by atoms with Crippen LogP contribution < -0.4 is 5.32 Å². The summed E-state index contributed by atoms with van der Waals surface area (Å²) < 4.78 is 16.0. The fraction of sp³-hybridized carbons (Fsp3) is 0.357. The second-order valence-corrected chi connectivity index (χ2v) is 4.26. The molecule has 0 aliphatic rings. The summed E-state index contributed by atoms with van der Waals surface area (Å²) in [5.41, 5.74) is 1.65. The van der Waals surface area contributed by atoms with E-state index in [0.717, 1.165) is 17.9 Å². The fourth-order valence-electron chi connectivity index (χ4n) is 2.01. The first-order chi connectivity index (χ1) is 8.74. The third kappa shape index (κ3) is 2.76. The van der Waals surface area contributed by atoms with Gasteiger partial charge in [0.05, 0.1) is 0 Å². The van der Waals surface area contributed by atoms with Crippen LogP contribution in [0, 0.1) is 5.82 Å². The first-order valence-corrected chi connectivity index (χ1v) is 6.16. The van der Waals surface area contributed by atoms with Crippen LogP contribution in [0.2, 0.25) is 0 Å². The zero-order valence-corrected chi connectivity index (χ0v) is 10.8. The summed E-state index contributed by atoms with van der Waals surface area (Å²) in [6.45, 7) is 3.59. The van der Waals surface area contributed by atoms with Crippen molar-refractivity contribution < 1.29 is 4.39 Å². The van der Waals surface area contributed by atoms with Crippen molar-refractivity contribution in [3.8, 4) is 0 Å². The highest BCUT2D eigenvalue weighted by atomic mass is 19.1. The van der Waals surface area contributed by atoms with Crippen LogP contribution in [0.1, 0.15) is 23.9 Å². The zero-order valence-electron chi connectivity index (χ0n) is 10.8. The fourth-order valence-corrected chi connectivity index (χ4v) is 2.01. The Morgan fingerprint density at radius 2 is 2.22 bits per heavy atom. The van der Waals surface area contributed by atoms with Crippen molar-refractivity contribution in [2.75, 3.05) is 7.05 Å². The standard InChI is InChI=1S/C14H18FN3/c1-3-18-7-6-17-14(18)9-12-5-4-11(10-16-2)8-13(12)15/h4-8,16H,3,9-10H2,1-2H3. The molecule has 1 aromatic carbocycles. The van der Waals surface area contributed by atoms with Crippen LogP contribution in [0.4, 0.5) is 4.39 Å². The maximum atomic E-state index is 13.9. The van der Waals surface area contributed by atoms with Gasteiger partial charge >= 0.3 is 0 Å². The summed E-state index contributed by atoms with van der Waals surface area (Å²) in [4.78, 5) is 4.27. The van der Waals surface area contributed by atoms with Gasteiger partial charge in [-0.25, -0.2) is 9.37 Å². The Morgan fingerprint density at radius 3 is 2.89 bits per heavy atom. The molecule has 96 valence electrons. The highest BCUT2D eigenvalue weighted by molar-refractivity contribution is 5.26. The highest BCUT2D eigenvalue weighted by Gasteiger charge is 2.08. The number of benzene rings is 1. The average molecular weight is 247 g/mol. The van der Waals surface area contributed by atoms with Gasteiger partial charge in [-0.1, -0.05) is 12.1 Å². The van der Waals surface area contributed by atoms with Crippen molar-refractivity contribution in [2.24, 2.45) is 0 Å². The molecule has 0 unspecified atom stereocenters. The van der Waals surface area contributed by atoms with E-state index in [4.69, 9.17) is 0 Å². The summed E-state index contributed by atoms with van der Waals surface area (Å²) in [5, 5.41) is 3.01. The van der Waals surface area contributed by atoms with Gasteiger partial charge in [-0.15, -0.1) is 0 Å². The van der Waals surface area contributed by atoms with Gasteiger partial charge in [0.2, 0.25) is 0 Å². The van der Waals surface area contributed by atoms with Gasteiger partial charge < -0.3 is 9.88 Å². The second-order valence-electron chi connectivity index (χ2n) is 4.26. The molecule has 1 aromatic heterocycles. The highest BCUT2D eigenvalue weighted by Crippen LogP contribution is 2.14. The molecule has 0 bridgehead atoms. The second kappa shape index (κ2) is 5.78. The van der Waals surface area contributed by atoms with Crippen LogP contribution in [0.5, 0.6) is 0 Å². The normalized spacial score (nSPS) is 10.8. The molecule has 1 heterocycles. The number of aromatic nitrogens is 2. The van der Waals surface area contributed by atoms with Gasteiger partial charge in [0.15, 0.2) is 0 Å². The first-order valence-electron chi connectivity index (χ1n) is 6.16. The Morgan fingerprint density at radius 1 is 1.39 bits per heavy atom. The molecule has 0 fully saturated rings. The number of hydrogen-bond donors (Lipinski definition) is 1. The van der Waals surface area contributed by atoms with Crippen LogP contribution in [-0.4, -0.2) is 16.6 Å². The molecule has 3 nitrogen and oxygen atoms in total. The van der Waals surface area contributed by atoms with Gasteiger partial charge in [-0.05, 0) is 31.2 Å². The summed E-state index contributed by atoms with van der Waals surface area (Å²) in [6, 6.07) is 5.38. The SMILES string of the molecule is CCn1ccnc1Cc1ccc(CNC)cc1F. The number of imidazole rings is 1. The van der Waals surface area contributed by atoms with E-state index in [1.54, 1.807) is 12.3 Å². The van der Waals surface area contributed by atoms with E-state index in [9.17, 15) is 4.39 Å². The molecule has 0 aliphatic carbocycles. The Bertz CT molecular complexity index is 520. The van der Waals surface area contributed by atoms with Crippen molar-refractivity contribution in [3.63, 3.8) is 0 Å². The molecule has 0 saturated carbocycles. The van der Waals surface area contributed by atoms with Crippen molar-refractivity contribution in [3.05, 3.63) is 53.4 Å². The number of rotatable bonds is 5. The smallest absolute Gasteiger partial charge is 0.127 e. The molecule has 4 heteroatoms. The van der Waals surface area contributed by atoms with E-state index in [0.29, 0.717) is 18.5 Å². The lowest BCUT2D eigenvalue weighted by atomic mass is 10.1. The number of halogens is 1. The van der Waals surface area contributed by atoms with E-state index in [1.807, 2.05) is 29.9 Å². The van der Waals surface area contributed by atoms with Crippen LogP contribution in [0.3, 0.4) is 0 Å². The van der Waals surface area contributed by atoms with Gasteiger partial charge in [0.1, 0.15) is 11.6 Å². The minimum atomic E-state index is -0.159. The summed E-state index contributed by atoms with van der Waals surface area (Å²) in [7, 11) is 1.85. The number of nitrogens with one attached hydrogen (secondary N) is 1. The Labute approximate surface area is 107 Å². The van der Waals surface area contributed by atoms with E-state index in [2.05, 4.69) is 17.2 Å². The molecule has 0 amide bonds. The largest absolute Gasteiger partial charge is 0.335 e. The van der Waals surface area contributed by atoms with E-state index >= 15 is 0 Å². The minimum Gasteiger partial charge on any atom is -0.335 e. The number of nitrogens with zero attached hydrogens (tertiary/aromatic N) is 2. The van der Waals surface area contributed by atoms with Gasteiger partial charge in [0.25, 0.3) is 0 Å². The summed E-state index contributed by atoms with van der Waals surface area (Å²) in [5.74, 6) is 0.742. The molecular formula is C14H18FN3. The predicted octanol–water partition coefficient (Wildman–Crippen LogP) is 2.35. The van der Waals surface area contributed by atoms with Crippen molar-refractivity contribution in [1.29, 1.82) is 0 Å². The molecule has 0 aliphatic heterocycles. The van der Waals surface area contributed by atoms with Crippen molar-refractivity contribution >= 4 is 0 Å². The van der Waals surface area contributed by atoms with Crippen LogP contribution in [0.15, 0.2) is 30.6 Å². The molecule has 0 atom stereocenters. The predicted molar refractivity (Wildman–Crippen MR) is 69.9 cm³/mol. The average Bonchev–Trinajstić information content (AvgIpc) is 2.80. The molecule has 2 aromatic rings. The van der Waals surface area contributed by atoms with Crippen molar-refractivity contribution in [1.82, 2.24) is 14.9 Å². The lowest BCUT2D eigenvalue weighted by molar-refractivity contribution is 0.604. The van der Waals surface area contributed by atoms with Gasteiger partial charge in [0, 0.05) is 31.9 Å². The Balaban J connectivity index is 2.19. The minimum absolute atomic E-state index is 0.159. The van der Waals surface area contributed by atoms with Crippen molar-refractivity contribution in [2.45, 2.75) is 26.4 Å². The lowest BCUT2D eigenvalue weighted by Gasteiger charge is -2.07. The van der Waals surface area contributed by atoms with Crippen LogP contribution in [-0.2, 0) is 19.5 Å². The molecule has 1 N–H and O–H groups in total. The molecule has 0 saturated heterocycles. The summed E-state index contributed by atoms with van der Waals surface area (Å²) in [6.07, 6.45) is 4.21. The molecule has 0 radical (unpaired) electrons. The molecule has 0 spiro atoms. The van der Waals surface area contributed by atoms with E-state index in [1.165, 1.54) is 0 Å². The van der Waals surface area contributed by atoms with E-state index in [-0.39, 0.29) is 5.82 Å². The molecular weight excluding hydrogens is 229 g/mol. The third-order valence-corrected chi connectivity index (χ3v) is 2.99. The Hall–Kier alpha value is -1.68. The molecule has 2 rings (SSSR count). The lowest BCUT2D eigenvalue weighted by Crippen LogP contribution is -2.07. The zero-order chi connectivity index (χ0) is 13.0. The van der Waals surface area contributed by atoms with E-state index < -0.39 is 0 Å². The van der Waals surface area contributed by atoms with Gasteiger partial charge in [-0.2, -0.15) is 0 Å². The van der Waals surface area contributed by atoms with Crippen LogP contribution >= 0.6 is 0 Å². The monoisotopic (exact) mass is 247 g/mol. The topological polar surface area (TPSA) is 29.9 Å². The maximum absolute atomic E-state index is 13.9. The Kier molecular flexibility index (Phi) is 4.10. The first kappa shape index (κ1) is 12.8. The van der Waals surface area contributed by atoms with Crippen LogP contribution in [0.25, 0.3) is 0 Å². The molecule has 18 heavy (non-hydrogen) atoms. The maximum Gasteiger partial charge on any atom is 0.127 e.